The Kier molecular flexibility index (Phi) is 6.07. The highest BCUT2D eigenvalue weighted by molar-refractivity contribution is 7.94. The van der Waals surface area contributed by atoms with Gasteiger partial charge in [0.2, 0.25) is 5.91 Å². The molecule has 0 unspecified atom stereocenters. The monoisotopic (exact) mass is 417 g/mol. The molecular formula is C20H23N3O5S. The normalized spacial score (nSPS) is 15.0. The minimum Gasteiger partial charge on any atom is -0.495 e. The van der Waals surface area contributed by atoms with Gasteiger partial charge in [-0.25, -0.2) is 13.2 Å². The highest BCUT2D eigenvalue weighted by atomic mass is 32.2. The van der Waals surface area contributed by atoms with E-state index < -0.39 is 16.1 Å². The van der Waals surface area contributed by atoms with Gasteiger partial charge in [0.05, 0.1) is 12.8 Å². The standard InChI is InChI=1S/C20H23N3O5S/c1-3-4-13-21-19(24)14-22-16-10-6-8-12-18(16)29(26,27)23(20(22)25)15-9-5-7-11-17(15)28-2/h5-12H,3-4,13-14H2,1-2H3,(H,21,24). The number of carbonyl (C=O) groups excluding carboxylic acids is 2. The number of amides is 3. The van der Waals surface area contributed by atoms with Crippen molar-refractivity contribution in [3.8, 4) is 5.75 Å². The molecule has 3 amide bonds. The van der Waals surface area contributed by atoms with Crippen molar-refractivity contribution in [2.24, 2.45) is 0 Å². The van der Waals surface area contributed by atoms with Crippen LogP contribution >= 0.6 is 0 Å². The summed E-state index contributed by atoms with van der Waals surface area (Å²) in [5.74, 6) is -0.128. The molecule has 2 aromatic rings. The van der Waals surface area contributed by atoms with Crippen molar-refractivity contribution in [1.82, 2.24) is 5.32 Å². The first kappa shape index (κ1) is 20.7. The second kappa shape index (κ2) is 8.52. The number of hydrogen-bond acceptors (Lipinski definition) is 5. The lowest BCUT2D eigenvalue weighted by Crippen LogP contribution is -2.53. The minimum absolute atomic E-state index is 0.0492. The molecule has 0 saturated carbocycles. The van der Waals surface area contributed by atoms with Crippen LogP contribution in [0.25, 0.3) is 0 Å². The number of rotatable bonds is 7. The molecule has 3 rings (SSSR count). The van der Waals surface area contributed by atoms with E-state index in [0.717, 1.165) is 12.8 Å². The van der Waals surface area contributed by atoms with E-state index in [0.29, 0.717) is 10.8 Å². The number of fused-ring (bicyclic) bond motifs is 1. The van der Waals surface area contributed by atoms with Gasteiger partial charge in [-0.3, -0.25) is 9.69 Å². The summed E-state index contributed by atoms with van der Waals surface area (Å²) in [5, 5.41) is 2.75. The topological polar surface area (TPSA) is 96.0 Å². The first-order valence-electron chi connectivity index (χ1n) is 9.27. The van der Waals surface area contributed by atoms with E-state index in [9.17, 15) is 18.0 Å². The molecule has 1 N–H and O–H groups in total. The lowest BCUT2D eigenvalue weighted by molar-refractivity contribution is -0.119. The first-order chi connectivity index (χ1) is 13.9. The van der Waals surface area contributed by atoms with Crippen molar-refractivity contribution < 1.29 is 22.7 Å². The third-order valence-electron chi connectivity index (χ3n) is 4.54. The van der Waals surface area contributed by atoms with Crippen molar-refractivity contribution in [3.05, 3.63) is 48.5 Å². The number of nitrogens with one attached hydrogen (secondary N) is 1. The molecule has 9 heteroatoms. The SMILES string of the molecule is CCCCNC(=O)CN1C(=O)N(c2ccccc2OC)S(=O)(=O)c2ccccc21. The third kappa shape index (κ3) is 3.91. The number of hydrogen-bond donors (Lipinski definition) is 1. The zero-order valence-corrected chi connectivity index (χ0v) is 17.1. The highest BCUT2D eigenvalue weighted by Gasteiger charge is 2.44. The van der Waals surface area contributed by atoms with Crippen molar-refractivity contribution in [2.75, 3.05) is 29.4 Å². The smallest absolute Gasteiger partial charge is 0.343 e. The second-order valence-corrected chi connectivity index (χ2v) is 8.24. The Morgan fingerprint density at radius 3 is 2.41 bits per heavy atom. The predicted molar refractivity (Wildman–Crippen MR) is 110 cm³/mol. The molecule has 0 aromatic heterocycles. The molecule has 0 aliphatic carbocycles. The van der Waals surface area contributed by atoms with E-state index in [-0.39, 0.29) is 34.5 Å². The van der Waals surface area contributed by atoms with Crippen molar-refractivity contribution >= 4 is 33.3 Å². The maximum Gasteiger partial charge on any atom is 0.343 e. The molecule has 0 bridgehead atoms. The first-order valence-corrected chi connectivity index (χ1v) is 10.7. The van der Waals surface area contributed by atoms with E-state index in [1.807, 2.05) is 6.92 Å². The van der Waals surface area contributed by atoms with Gasteiger partial charge in [0.1, 0.15) is 22.9 Å². The fourth-order valence-electron chi connectivity index (χ4n) is 3.10. The number of benzene rings is 2. The summed E-state index contributed by atoms with van der Waals surface area (Å²) in [6.45, 7) is 2.21. The molecule has 0 atom stereocenters. The van der Waals surface area contributed by atoms with Crippen LogP contribution in [-0.2, 0) is 14.8 Å². The Morgan fingerprint density at radius 2 is 1.72 bits per heavy atom. The fraction of sp³-hybridized carbons (Fsp3) is 0.300. The van der Waals surface area contributed by atoms with Crippen molar-refractivity contribution in [2.45, 2.75) is 24.7 Å². The Labute approximate surface area is 170 Å². The number of ether oxygens (including phenoxy) is 1. The molecule has 154 valence electrons. The molecule has 1 heterocycles. The van der Waals surface area contributed by atoms with E-state index in [2.05, 4.69) is 5.32 Å². The van der Waals surface area contributed by atoms with Gasteiger partial charge in [0, 0.05) is 6.54 Å². The Hall–Kier alpha value is -3.07. The zero-order valence-electron chi connectivity index (χ0n) is 16.3. The molecule has 2 aromatic carbocycles. The lowest BCUT2D eigenvalue weighted by atomic mass is 10.2. The average molecular weight is 417 g/mol. The summed E-state index contributed by atoms with van der Waals surface area (Å²) in [5.41, 5.74) is 0.264. The number of para-hydroxylation sites is 3. The Balaban J connectivity index is 2.06. The van der Waals surface area contributed by atoms with Gasteiger partial charge in [-0.05, 0) is 30.7 Å². The van der Waals surface area contributed by atoms with Crippen LogP contribution in [0.1, 0.15) is 19.8 Å². The van der Waals surface area contributed by atoms with Crippen LogP contribution in [0, 0.1) is 0 Å². The van der Waals surface area contributed by atoms with E-state index in [4.69, 9.17) is 4.74 Å². The molecule has 0 radical (unpaired) electrons. The highest BCUT2D eigenvalue weighted by Crippen LogP contribution is 2.40. The van der Waals surface area contributed by atoms with Gasteiger partial charge < -0.3 is 10.1 Å². The van der Waals surface area contributed by atoms with E-state index in [1.54, 1.807) is 30.3 Å². The molecule has 29 heavy (non-hydrogen) atoms. The number of sulfonamides is 1. The quantitative estimate of drug-likeness (QED) is 0.699. The molecular weight excluding hydrogens is 394 g/mol. The average Bonchev–Trinajstić information content (AvgIpc) is 2.71. The predicted octanol–water partition coefficient (Wildman–Crippen LogP) is 2.75. The van der Waals surface area contributed by atoms with Gasteiger partial charge in [-0.2, -0.15) is 4.31 Å². The van der Waals surface area contributed by atoms with Crippen LogP contribution in [0.2, 0.25) is 0 Å². The van der Waals surface area contributed by atoms with Gasteiger partial charge in [-0.15, -0.1) is 0 Å². The summed E-state index contributed by atoms with van der Waals surface area (Å²) in [7, 11) is -2.78. The van der Waals surface area contributed by atoms with Gasteiger partial charge >= 0.3 is 6.03 Å². The number of nitrogens with zero attached hydrogens (tertiary/aromatic N) is 2. The molecule has 1 aliphatic rings. The third-order valence-corrected chi connectivity index (χ3v) is 6.27. The molecule has 0 saturated heterocycles. The minimum atomic E-state index is -4.18. The summed E-state index contributed by atoms with van der Waals surface area (Å²) < 4.78 is 32.4. The van der Waals surface area contributed by atoms with Gasteiger partial charge in [0.25, 0.3) is 10.0 Å². The summed E-state index contributed by atoms with van der Waals surface area (Å²) in [6, 6.07) is 11.7. The maximum atomic E-state index is 13.3. The van der Waals surface area contributed by atoms with Crippen molar-refractivity contribution in [1.29, 1.82) is 0 Å². The Bertz CT molecular complexity index is 1020. The maximum absolute atomic E-state index is 13.3. The number of anilines is 2. The Morgan fingerprint density at radius 1 is 1.07 bits per heavy atom. The van der Waals surface area contributed by atoms with Crippen LogP contribution in [-0.4, -0.2) is 40.6 Å². The molecule has 1 aliphatic heterocycles. The van der Waals surface area contributed by atoms with Gasteiger partial charge in [0.15, 0.2) is 0 Å². The van der Waals surface area contributed by atoms with Crippen LogP contribution in [0.3, 0.4) is 0 Å². The largest absolute Gasteiger partial charge is 0.495 e. The zero-order chi connectivity index (χ0) is 21.0. The fourth-order valence-corrected chi connectivity index (χ4v) is 4.70. The second-order valence-electron chi connectivity index (χ2n) is 6.48. The van der Waals surface area contributed by atoms with Crippen molar-refractivity contribution in [3.63, 3.8) is 0 Å². The van der Waals surface area contributed by atoms with Crippen LogP contribution < -0.4 is 19.3 Å². The van der Waals surface area contributed by atoms with Gasteiger partial charge in [-0.1, -0.05) is 37.6 Å². The summed E-state index contributed by atoms with van der Waals surface area (Å²) in [6.07, 6.45) is 1.74. The van der Waals surface area contributed by atoms with Crippen LogP contribution in [0.4, 0.5) is 16.2 Å². The number of unbranched alkanes of at least 4 members (excludes halogenated alkanes) is 1. The van der Waals surface area contributed by atoms with Crippen LogP contribution in [0.15, 0.2) is 53.4 Å². The summed E-state index contributed by atoms with van der Waals surface area (Å²) in [4.78, 5) is 26.8. The lowest BCUT2D eigenvalue weighted by Gasteiger charge is -2.36. The number of methoxy groups -OCH3 is 1. The molecule has 0 fully saturated rings. The number of urea groups is 1. The van der Waals surface area contributed by atoms with Crippen LogP contribution in [0.5, 0.6) is 5.75 Å². The molecule has 8 nitrogen and oxygen atoms in total. The van der Waals surface area contributed by atoms with E-state index >= 15 is 0 Å². The number of carbonyl (C=O) groups is 2. The van der Waals surface area contributed by atoms with E-state index in [1.165, 1.54) is 30.2 Å². The summed E-state index contributed by atoms with van der Waals surface area (Å²) >= 11 is 0. The molecule has 0 spiro atoms.